The molecular formula is C25H36ClN3O4S. The topological polar surface area (TPSA) is 90.0 Å². The number of carbonyl (C=O) groups is 1. The zero-order valence-electron chi connectivity index (χ0n) is 19.9. The largest absolute Gasteiger partial charge is 0.392 e. The van der Waals surface area contributed by atoms with Crippen molar-refractivity contribution in [2.24, 2.45) is 0 Å². The number of halogens is 1. The molecule has 0 radical (unpaired) electrons. The van der Waals surface area contributed by atoms with Crippen LogP contribution in [0.3, 0.4) is 0 Å². The van der Waals surface area contributed by atoms with Crippen molar-refractivity contribution in [2.75, 3.05) is 32.4 Å². The Kier molecular flexibility index (Phi) is 11.0. The van der Waals surface area contributed by atoms with Gasteiger partial charge in [0, 0.05) is 33.2 Å². The molecule has 9 heteroatoms. The molecule has 0 bridgehead atoms. The van der Waals surface area contributed by atoms with Crippen LogP contribution >= 0.6 is 12.4 Å². The van der Waals surface area contributed by atoms with E-state index >= 15 is 0 Å². The van der Waals surface area contributed by atoms with E-state index < -0.39 is 10.0 Å². The van der Waals surface area contributed by atoms with Gasteiger partial charge >= 0.3 is 0 Å². The number of nitrogens with zero attached hydrogens (tertiary/aromatic N) is 2. The number of hydrogen-bond donors (Lipinski definition) is 2. The third-order valence-corrected chi connectivity index (χ3v) is 7.60. The molecule has 1 aliphatic heterocycles. The van der Waals surface area contributed by atoms with E-state index in [9.17, 15) is 18.3 Å². The molecule has 2 aromatic rings. The first-order chi connectivity index (χ1) is 15.8. The number of sulfonamides is 1. The Morgan fingerprint density at radius 3 is 2.38 bits per heavy atom. The number of β-amino-alcohol motifs (C(OH)–C–C–N with tert-alkyl or cyclic N) is 1. The number of hydrogen-bond acceptors (Lipinski definition) is 5. The van der Waals surface area contributed by atoms with Crippen LogP contribution in [0, 0.1) is 0 Å². The first kappa shape index (κ1) is 28.3. The van der Waals surface area contributed by atoms with Crippen LogP contribution in [0.25, 0.3) is 0 Å². The molecule has 1 saturated heterocycles. The fraction of sp³-hybridized carbons (Fsp3) is 0.480. The van der Waals surface area contributed by atoms with E-state index in [1.165, 1.54) is 0 Å². The molecule has 1 fully saturated rings. The molecule has 188 valence electrons. The third kappa shape index (κ3) is 8.36. The molecule has 34 heavy (non-hydrogen) atoms. The van der Waals surface area contributed by atoms with Gasteiger partial charge in [-0.1, -0.05) is 61.5 Å². The van der Waals surface area contributed by atoms with Gasteiger partial charge in [-0.05, 0) is 29.5 Å². The zero-order valence-corrected chi connectivity index (χ0v) is 21.5. The van der Waals surface area contributed by atoms with E-state index in [4.69, 9.17) is 0 Å². The molecule has 1 amide bonds. The van der Waals surface area contributed by atoms with E-state index in [-0.39, 0.29) is 49.2 Å². The van der Waals surface area contributed by atoms with Crippen molar-refractivity contribution in [3.8, 4) is 0 Å². The summed E-state index contributed by atoms with van der Waals surface area (Å²) in [6, 6.07) is 17.4. The molecule has 1 aliphatic rings. The number of benzene rings is 2. The standard InChI is InChI=1S/C25H35N3O4S.ClH/c1-3-15-33(31,32)26-17-21-11-9-20(10-12-21)16-25(30)27(2)24(22-7-5-4-6-8-22)19-28-14-13-23(29)18-28;/h4-12,23-24,26,29H,3,13-19H2,1-2H3;1H. The average molecular weight is 510 g/mol. The number of nitrogens with one attached hydrogen (secondary N) is 1. The number of aliphatic hydroxyl groups is 1. The summed E-state index contributed by atoms with van der Waals surface area (Å²) in [6.07, 6.45) is 1.31. The Bertz CT molecular complexity index is 1000. The van der Waals surface area contributed by atoms with Gasteiger partial charge < -0.3 is 10.0 Å². The maximum absolute atomic E-state index is 13.1. The molecule has 2 unspecified atom stereocenters. The monoisotopic (exact) mass is 509 g/mol. The third-order valence-electron chi connectivity index (χ3n) is 6.07. The van der Waals surface area contributed by atoms with Crippen LogP contribution in [0.15, 0.2) is 54.6 Å². The van der Waals surface area contributed by atoms with Gasteiger partial charge in [-0.2, -0.15) is 0 Å². The summed E-state index contributed by atoms with van der Waals surface area (Å²) >= 11 is 0. The molecule has 7 nitrogen and oxygen atoms in total. The smallest absolute Gasteiger partial charge is 0.227 e. The van der Waals surface area contributed by atoms with Crippen LogP contribution in [0.4, 0.5) is 0 Å². The van der Waals surface area contributed by atoms with Crippen LogP contribution in [0.5, 0.6) is 0 Å². The van der Waals surface area contributed by atoms with Gasteiger partial charge in [0.2, 0.25) is 15.9 Å². The van der Waals surface area contributed by atoms with Gasteiger partial charge in [-0.3, -0.25) is 9.69 Å². The van der Waals surface area contributed by atoms with Crippen LogP contribution in [-0.4, -0.2) is 67.8 Å². The van der Waals surface area contributed by atoms with Gasteiger partial charge in [-0.15, -0.1) is 12.4 Å². The van der Waals surface area contributed by atoms with Crippen molar-refractivity contribution < 1.29 is 18.3 Å². The number of amides is 1. The number of rotatable bonds is 11. The first-order valence-electron chi connectivity index (χ1n) is 11.5. The fourth-order valence-corrected chi connectivity index (χ4v) is 5.20. The van der Waals surface area contributed by atoms with Crippen molar-refractivity contribution in [3.63, 3.8) is 0 Å². The van der Waals surface area contributed by atoms with Crippen LogP contribution in [0.1, 0.15) is 42.5 Å². The summed E-state index contributed by atoms with van der Waals surface area (Å²) in [6.45, 7) is 4.22. The van der Waals surface area contributed by atoms with E-state index in [1.54, 1.807) is 4.90 Å². The summed E-state index contributed by atoms with van der Waals surface area (Å²) < 4.78 is 26.3. The van der Waals surface area contributed by atoms with E-state index in [1.807, 2.05) is 68.6 Å². The lowest BCUT2D eigenvalue weighted by Crippen LogP contribution is -2.39. The Morgan fingerprint density at radius 2 is 1.79 bits per heavy atom. The molecule has 0 saturated carbocycles. The molecule has 2 aromatic carbocycles. The highest BCUT2D eigenvalue weighted by atomic mass is 35.5. The van der Waals surface area contributed by atoms with Crippen molar-refractivity contribution in [1.29, 1.82) is 0 Å². The number of aliphatic hydroxyl groups excluding tert-OH is 1. The second-order valence-corrected chi connectivity index (χ2v) is 10.7. The fourth-order valence-electron chi connectivity index (χ4n) is 4.13. The Balaban J connectivity index is 0.00000408. The molecule has 2 N–H and O–H groups in total. The quantitative estimate of drug-likeness (QED) is 0.486. The van der Waals surface area contributed by atoms with Crippen LogP contribution < -0.4 is 4.72 Å². The van der Waals surface area contributed by atoms with Crippen LogP contribution in [0.2, 0.25) is 0 Å². The first-order valence-corrected chi connectivity index (χ1v) is 13.2. The Labute approximate surface area is 209 Å². The summed E-state index contributed by atoms with van der Waals surface area (Å²) in [5, 5.41) is 9.90. The lowest BCUT2D eigenvalue weighted by atomic mass is 10.0. The Hall–Kier alpha value is -1.97. The molecule has 2 atom stereocenters. The molecular weight excluding hydrogens is 474 g/mol. The maximum Gasteiger partial charge on any atom is 0.227 e. The van der Waals surface area contributed by atoms with E-state index in [2.05, 4.69) is 9.62 Å². The maximum atomic E-state index is 13.1. The van der Waals surface area contributed by atoms with Crippen molar-refractivity contribution in [2.45, 2.75) is 44.9 Å². The van der Waals surface area contributed by atoms with Gasteiger partial charge in [-0.25, -0.2) is 13.1 Å². The molecule has 1 heterocycles. The highest BCUT2D eigenvalue weighted by Crippen LogP contribution is 2.24. The molecule has 0 aliphatic carbocycles. The van der Waals surface area contributed by atoms with E-state index in [0.717, 1.165) is 29.7 Å². The van der Waals surface area contributed by atoms with E-state index in [0.29, 0.717) is 19.5 Å². The van der Waals surface area contributed by atoms with Crippen molar-refractivity contribution in [3.05, 3.63) is 71.3 Å². The summed E-state index contributed by atoms with van der Waals surface area (Å²) in [5.74, 6) is 0.130. The minimum Gasteiger partial charge on any atom is -0.392 e. The lowest BCUT2D eigenvalue weighted by Gasteiger charge is -2.32. The second-order valence-electron chi connectivity index (χ2n) is 8.77. The predicted molar refractivity (Wildman–Crippen MR) is 137 cm³/mol. The average Bonchev–Trinajstić information content (AvgIpc) is 3.22. The van der Waals surface area contributed by atoms with Gasteiger partial charge in [0.1, 0.15) is 0 Å². The summed E-state index contributed by atoms with van der Waals surface area (Å²) in [4.78, 5) is 17.2. The summed E-state index contributed by atoms with van der Waals surface area (Å²) in [7, 11) is -1.41. The second kappa shape index (κ2) is 13.2. The van der Waals surface area contributed by atoms with Crippen molar-refractivity contribution >= 4 is 28.3 Å². The van der Waals surface area contributed by atoms with Gasteiger partial charge in [0.05, 0.1) is 24.3 Å². The normalized spacial score (nSPS) is 17.2. The van der Waals surface area contributed by atoms with Crippen LogP contribution in [-0.2, 0) is 27.8 Å². The van der Waals surface area contributed by atoms with Gasteiger partial charge in [0.15, 0.2) is 0 Å². The molecule has 3 rings (SSSR count). The molecule has 0 aromatic heterocycles. The van der Waals surface area contributed by atoms with Gasteiger partial charge in [0.25, 0.3) is 0 Å². The highest BCUT2D eigenvalue weighted by Gasteiger charge is 2.28. The number of carbonyl (C=O) groups excluding carboxylic acids is 1. The molecule has 0 spiro atoms. The number of likely N-dealkylation sites (tertiary alicyclic amines) is 1. The minimum atomic E-state index is -3.25. The SMILES string of the molecule is CCCS(=O)(=O)NCc1ccc(CC(=O)N(C)C(CN2CCC(O)C2)c2ccccc2)cc1.Cl. The Morgan fingerprint density at radius 1 is 1.15 bits per heavy atom. The summed E-state index contributed by atoms with van der Waals surface area (Å²) in [5.41, 5.74) is 2.81. The minimum absolute atomic E-state index is 0. The highest BCUT2D eigenvalue weighted by molar-refractivity contribution is 7.89. The zero-order chi connectivity index (χ0) is 23.8. The number of likely N-dealkylation sites (N-methyl/N-ethyl adjacent to an activating group) is 1. The lowest BCUT2D eigenvalue weighted by molar-refractivity contribution is -0.131. The van der Waals surface area contributed by atoms with Crippen molar-refractivity contribution in [1.82, 2.24) is 14.5 Å². The predicted octanol–water partition coefficient (Wildman–Crippen LogP) is 2.75.